The molecule has 0 N–H and O–H groups in total. The summed E-state index contributed by atoms with van der Waals surface area (Å²) in [6.07, 6.45) is 0.917. The largest absolute Gasteiger partial charge is 0.448 e. The molecule has 0 aliphatic carbocycles. The van der Waals surface area contributed by atoms with Gasteiger partial charge < -0.3 is 9.64 Å². The molecule has 0 radical (unpaired) electrons. The van der Waals surface area contributed by atoms with Gasteiger partial charge in [-0.3, -0.25) is 4.79 Å². The number of carbonyl (C=O) groups is 2. The van der Waals surface area contributed by atoms with Crippen molar-refractivity contribution in [3.8, 4) is 10.6 Å². The third kappa shape index (κ3) is 3.93. The second-order valence-corrected chi connectivity index (χ2v) is 7.86. The summed E-state index contributed by atoms with van der Waals surface area (Å²) in [5.74, 6) is -0.792. The van der Waals surface area contributed by atoms with Crippen molar-refractivity contribution in [1.29, 1.82) is 0 Å². The molecule has 0 spiro atoms. The first kappa shape index (κ1) is 19.3. The van der Waals surface area contributed by atoms with E-state index in [1.807, 2.05) is 36.4 Å². The lowest BCUT2D eigenvalue weighted by atomic mass is 10.1. The van der Waals surface area contributed by atoms with Crippen molar-refractivity contribution in [2.75, 3.05) is 11.4 Å². The van der Waals surface area contributed by atoms with E-state index in [1.165, 1.54) is 16.9 Å². The topological polar surface area (TPSA) is 59.5 Å². The molecule has 3 aromatic rings. The van der Waals surface area contributed by atoms with Crippen LogP contribution in [0.15, 0.2) is 53.9 Å². The Hall–Kier alpha value is -2.99. The molecular weight excluding hydrogens is 384 g/mol. The second kappa shape index (κ2) is 8.17. The lowest BCUT2D eigenvalue weighted by Gasteiger charge is -2.21. The number of carbonyl (C=O) groups excluding carboxylic acids is 2. The highest BCUT2D eigenvalue weighted by Crippen LogP contribution is 2.29. The monoisotopic (exact) mass is 406 g/mol. The van der Waals surface area contributed by atoms with Crippen molar-refractivity contribution in [2.45, 2.75) is 32.8 Å². The number of rotatable bonds is 5. The van der Waals surface area contributed by atoms with E-state index in [2.05, 4.69) is 24.0 Å². The molecule has 0 fully saturated rings. The van der Waals surface area contributed by atoms with E-state index >= 15 is 0 Å². The van der Waals surface area contributed by atoms with Crippen LogP contribution in [0, 0.1) is 0 Å². The van der Waals surface area contributed by atoms with E-state index < -0.39 is 12.1 Å². The zero-order valence-electron chi connectivity index (χ0n) is 16.4. The van der Waals surface area contributed by atoms with Crippen LogP contribution in [-0.4, -0.2) is 29.5 Å². The van der Waals surface area contributed by atoms with Crippen LogP contribution >= 0.6 is 11.3 Å². The minimum Gasteiger partial charge on any atom is -0.448 e. The zero-order chi connectivity index (χ0) is 20.4. The fourth-order valence-corrected chi connectivity index (χ4v) is 4.24. The highest BCUT2D eigenvalue weighted by molar-refractivity contribution is 7.13. The summed E-state index contributed by atoms with van der Waals surface area (Å²) >= 11 is 1.39. The van der Waals surface area contributed by atoms with Crippen LogP contribution in [0.25, 0.3) is 10.6 Å². The lowest BCUT2D eigenvalue weighted by molar-refractivity contribution is -0.126. The summed E-state index contributed by atoms with van der Waals surface area (Å²) < 4.78 is 5.43. The van der Waals surface area contributed by atoms with Gasteiger partial charge in [0.05, 0.1) is 0 Å². The van der Waals surface area contributed by atoms with E-state index in [-0.39, 0.29) is 11.6 Å². The Morgan fingerprint density at radius 1 is 1.17 bits per heavy atom. The van der Waals surface area contributed by atoms with Gasteiger partial charge in [0.1, 0.15) is 5.01 Å². The predicted octanol–water partition coefficient (Wildman–Crippen LogP) is 4.51. The fraction of sp³-hybridized carbons (Fsp3) is 0.261. The smallest absolute Gasteiger partial charge is 0.358 e. The highest BCUT2D eigenvalue weighted by atomic mass is 32.1. The number of aromatic nitrogens is 1. The number of amides is 1. The van der Waals surface area contributed by atoms with Gasteiger partial charge in [0, 0.05) is 23.2 Å². The normalized spacial score (nSPS) is 13.8. The molecule has 2 heterocycles. The molecule has 1 atom stereocenters. The minimum absolute atomic E-state index is 0.214. The number of fused-ring (bicyclic) bond motifs is 1. The van der Waals surface area contributed by atoms with E-state index in [0.717, 1.165) is 34.7 Å². The molecule has 1 amide bonds. The molecule has 1 aromatic heterocycles. The van der Waals surface area contributed by atoms with Crippen LogP contribution in [0.2, 0.25) is 0 Å². The SMILES string of the molecule is CCc1ccc(-c2nc(C(=O)O[C@@H](C)C(=O)N3CCc4ccccc43)cs2)cc1. The average Bonchev–Trinajstić information content (AvgIpc) is 3.41. The second-order valence-electron chi connectivity index (χ2n) is 7.00. The van der Waals surface area contributed by atoms with Crippen molar-refractivity contribution in [3.63, 3.8) is 0 Å². The zero-order valence-corrected chi connectivity index (χ0v) is 17.2. The van der Waals surface area contributed by atoms with Gasteiger partial charge in [-0.25, -0.2) is 9.78 Å². The van der Waals surface area contributed by atoms with Gasteiger partial charge >= 0.3 is 5.97 Å². The molecule has 1 aliphatic heterocycles. The maximum Gasteiger partial charge on any atom is 0.358 e. The summed E-state index contributed by atoms with van der Waals surface area (Å²) in [7, 11) is 0. The van der Waals surface area contributed by atoms with E-state index in [1.54, 1.807) is 17.2 Å². The number of anilines is 1. The van der Waals surface area contributed by atoms with Crippen molar-refractivity contribution in [1.82, 2.24) is 4.98 Å². The lowest BCUT2D eigenvalue weighted by Crippen LogP contribution is -2.39. The van der Waals surface area contributed by atoms with Crippen molar-refractivity contribution < 1.29 is 14.3 Å². The maximum atomic E-state index is 12.8. The summed E-state index contributed by atoms with van der Waals surface area (Å²) in [4.78, 5) is 31.4. The predicted molar refractivity (Wildman–Crippen MR) is 114 cm³/mol. The quantitative estimate of drug-likeness (QED) is 0.585. The third-order valence-electron chi connectivity index (χ3n) is 5.11. The first-order valence-corrected chi connectivity index (χ1v) is 10.6. The maximum absolute atomic E-state index is 12.8. The fourth-order valence-electron chi connectivity index (χ4n) is 3.44. The van der Waals surface area contributed by atoms with Gasteiger partial charge in [0.2, 0.25) is 0 Å². The van der Waals surface area contributed by atoms with Gasteiger partial charge in [-0.1, -0.05) is 49.4 Å². The first-order chi connectivity index (χ1) is 14.1. The average molecular weight is 407 g/mol. The van der Waals surface area contributed by atoms with Gasteiger partial charge in [-0.15, -0.1) is 11.3 Å². The standard InChI is InChI=1S/C23H22N2O3S/c1-3-16-8-10-18(11-9-16)21-24-19(14-29-21)23(27)28-15(2)22(26)25-13-12-17-6-4-5-7-20(17)25/h4-11,14-15H,3,12-13H2,1-2H3/t15-/m0/s1. The Balaban J connectivity index is 1.43. The number of nitrogens with zero attached hydrogens (tertiary/aromatic N) is 2. The Morgan fingerprint density at radius 2 is 1.93 bits per heavy atom. The molecule has 0 bridgehead atoms. The Morgan fingerprint density at radius 3 is 2.69 bits per heavy atom. The van der Waals surface area contributed by atoms with E-state index in [0.29, 0.717) is 6.54 Å². The van der Waals surface area contributed by atoms with Crippen molar-refractivity contribution in [2.24, 2.45) is 0 Å². The summed E-state index contributed by atoms with van der Waals surface area (Å²) in [6.45, 7) is 4.32. The Labute approximate surface area is 174 Å². The van der Waals surface area contributed by atoms with Crippen LogP contribution in [0.3, 0.4) is 0 Å². The third-order valence-corrected chi connectivity index (χ3v) is 6.00. The Kier molecular flexibility index (Phi) is 5.45. The minimum atomic E-state index is -0.873. The van der Waals surface area contributed by atoms with Crippen LogP contribution in [0.4, 0.5) is 5.69 Å². The number of benzene rings is 2. The van der Waals surface area contributed by atoms with Gasteiger partial charge in [-0.2, -0.15) is 0 Å². The number of esters is 1. The Bertz CT molecular complexity index is 1040. The number of para-hydroxylation sites is 1. The van der Waals surface area contributed by atoms with Crippen LogP contribution in [-0.2, 0) is 22.4 Å². The molecule has 5 nitrogen and oxygen atoms in total. The summed E-state index contributed by atoms with van der Waals surface area (Å²) in [6, 6.07) is 15.9. The number of thiazole rings is 1. The van der Waals surface area contributed by atoms with Crippen LogP contribution in [0.5, 0.6) is 0 Å². The number of aryl methyl sites for hydroxylation is 1. The highest BCUT2D eigenvalue weighted by Gasteiger charge is 2.30. The van der Waals surface area contributed by atoms with Gasteiger partial charge in [-0.05, 0) is 37.0 Å². The summed E-state index contributed by atoms with van der Waals surface area (Å²) in [5, 5.41) is 2.43. The van der Waals surface area contributed by atoms with Gasteiger partial charge in [0.15, 0.2) is 11.8 Å². The van der Waals surface area contributed by atoms with E-state index in [9.17, 15) is 9.59 Å². The molecule has 6 heteroatoms. The molecular formula is C23H22N2O3S. The number of hydrogen-bond acceptors (Lipinski definition) is 5. The molecule has 29 heavy (non-hydrogen) atoms. The molecule has 0 saturated carbocycles. The summed E-state index contributed by atoms with van der Waals surface area (Å²) in [5.41, 5.74) is 4.47. The first-order valence-electron chi connectivity index (χ1n) is 9.72. The van der Waals surface area contributed by atoms with Crippen molar-refractivity contribution >= 4 is 28.9 Å². The van der Waals surface area contributed by atoms with Crippen LogP contribution in [0.1, 0.15) is 35.5 Å². The van der Waals surface area contributed by atoms with Crippen LogP contribution < -0.4 is 4.90 Å². The molecule has 2 aromatic carbocycles. The van der Waals surface area contributed by atoms with Gasteiger partial charge in [0.25, 0.3) is 5.91 Å². The number of hydrogen-bond donors (Lipinski definition) is 0. The molecule has 0 unspecified atom stereocenters. The molecule has 0 saturated heterocycles. The molecule has 4 rings (SSSR count). The molecule has 1 aliphatic rings. The number of ether oxygens (including phenoxy) is 1. The molecule has 148 valence electrons. The van der Waals surface area contributed by atoms with E-state index in [4.69, 9.17) is 4.74 Å². The van der Waals surface area contributed by atoms with Crippen molar-refractivity contribution in [3.05, 3.63) is 70.7 Å².